The molecule has 0 atom stereocenters. The van der Waals surface area contributed by atoms with Crippen LogP contribution in [0.3, 0.4) is 0 Å². The number of nitrogens with zero attached hydrogens (tertiary/aromatic N) is 2. The van der Waals surface area contributed by atoms with E-state index in [2.05, 4.69) is 4.98 Å². The minimum absolute atomic E-state index is 0.156. The molecule has 0 amide bonds. The van der Waals surface area contributed by atoms with Crippen LogP contribution in [0.4, 0.5) is 5.82 Å². The largest absolute Gasteiger partial charge is 0.478 e. The molecule has 106 valence electrons. The van der Waals surface area contributed by atoms with Crippen LogP contribution in [0.5, 0.6) is 5.88 Å². The number of aromatic nitrogens is 2. The lowest BCUT2D eigenvalue weighted by Crippen LogP contribution is -2.21. The van der Waals surface area contributed by atoms with Gasteiger partial charge in [0.15, 0.2) is 0 Å². The zero-order chi connectivity index (χ0) is 14.8. The van der Waals surface area contributed by atoms with E-state index in [4.69, 9.17) is 10.5 Å². The van der Waals surface area contributed by atoms with E-state index in [1.807, 2.05) is 25.1 Å². The highest BCUT2D eigenvalue weighted by molar-refractivity contribution is 5.84. The first-order chi connectivity index (χ1) is 10.2. The zero-order valence-electron chi connectivity index (χ0n) is 11.6. The molecule has 0 aliphatic carbocycles. The molecule has 5 heteroatoms. The number of nitrogens with two attached hydrogens (primary N) is 1. The number of pyridine rings is 2. The van der Waals surface area contributed by atoms with Crippen molar-refractivity contribution >= 4 is 16.6 Å². The second kappa shape index (κ2) is 5.28. The Morgan fingerprint density at radius 2 is 2.05 bits per heavy atom. The van der Waals surface area contributed by atoms with Gasteiger partial charge in [-0.3, -0.25) is 9.36 Å². The maximum Gasteiger partial charge on any atom is 0.264 e. The highest BCUT2D eigenvalue weighted by Gasteiger charge is 2.09. The monoisotopic (exact) mass is 281 g/mol. The first-order valence-electron chi connectivity index (χ1n) is 6.70. The van der Waals surface area contributed by atoms with Crippen LogP contribution in [-0.4, -0.2) is 16.2 Å². The molecule has 5 nitrogen and oxygen atoms in total. The summed E-state index contributed by atoms with van der Waals surface area (Å²) >= 11 is 0. The van der Waals surface area contributed by atoms with Crippen LogP contribution < -0.4 is 16.0 Å². The Morgan fingerprint density at radius 3 is 2.76 bits per heavy atom. The maximum absolute atomic E-state index is 12.6. The first-order valence-corrected chi connectivity index (χ1v) is 6.70. The lowest BCUT2D eigenvalue weighted by molar-refractivity contribution is 0.327. The normalized spacial score (nSPS) is 10.7. The van der Waals surface area contributed by atoms with Crippen LogP contribution in [-0.2, 0) is 0 Å². The van der Waals surface area contributed by atoms with Gasteiger partial charge in [0, 0.05) is 11.5 Å². The minimum atomic E-state index is -0.156. The molecule has 2 N–H and O–H groups in total. The maximum atomic E-state index is 12.6. The van der Waals surface area contributed by atoms with Crippen molar-refractivity contribution in [3.05, 3.63) is 59.0 Å². The molecule has 0 bridgehead atoms. The highest BCUT2D eigenvalue weighted by Crippen LogP contribution is 2.18. The molecule has 0 fully saturated rings. The van der Waals surface area contributed by atoms with Gasteiger partial charge in [0.05, 0.1) is 18.5 Å². The van der Waals surface area contributed by atoms with Crippen LogP contribution in [0.25, 0.3) is 16.5 Å². The van der Waals surface area contributed by atoms with E-state index < -0.39 is 0 Å². The fourth-order valence-electron chi connectivity index (χ4n) is 2.28. The van der Waals surface area contributed by atoms with Crippen molar-refractivity contribution in [2.45, 2.75) is 6.92 Å². The second-order valence-corrected chi connectivity index (χ2v) is 4.58. The van der Waals surface area contributed by atoms with Gasteiger partial charge < -0.3 is 10.5 Å². The quantitative estimate of drug-likeness (QED) is 0.800. The number of hydrogen-bond donors (Lipinski definition) is 1. The van der Waals surface area contributed by atoms with Gasteiger partial charge in [0.25, 0.3) is 5.56 Å². The Hall–Kier alpha value is -2.82. The first kappa shape index (κ1) is 13.2. The standard InChI is InChI=1S/C16H15N3O2/c1-2-21-15-8-7-12(10-18-15)19-14(17)9-11-5-3-4-6-13(11)16(19)20/h3-10H,2,17H2,1H3. The average molecular weight is 281 g/mol. The number of hydrogen-bond acceptors (Lipinski definition) is 4. The van der Waals surface area contributed by atoms with Crippen molar-refractivity contribution in [3.8, 4) is 11.6 Å². The molecule has 0 aliphatic rings. The number of ether oxygens (including phenoxy) is 1. The molecule has 0 aliphatic heterocycles. The topological polar surface area (TPSA) is 70.1 Å². The molecule has 3 rings (SSSR count). The summed E-state index contributed by atoms with van der Waals surface area (Å²) in [4.78, 5) is 16.8. The van der Waals surface area contributed by atoms with E-state index in [1.165, 1.54) is 4.57 Å². The fraction of sp³-hybridized carbons (Fsp3) is 0.125. The van der Waals surface area contributed by atoms with Crippen molar-refractivity contribution in [3.63, 3.8) is 0 Å². The zero-order valence-corrected chi connectivity index (χ0v) is 11.6. The van der Waals surface area contributed by atoms with Crippen LogP contribution in [0.1, 0.15) is 6.92 Å². The molecule has 3 aromatic rings. The predicted molar refractivity (Wildman–Crippen MR) is 82.9 cm³/mol. The molecule has 2 aromatic heterocycles. The molecule has 0 spiro atoms. The van der Waals surface area contributed by atoms with Gasteiger partial charge in [0.2, 0.25) is 5.88 Å². The number of nitrogen functional groups attached to an aromatic ring is 1. The summed E-state index contributed by atoms with van der Waals surface area (Å²) in [6.07, 6.45) is 1.58. The van der Waals surface area contributed by atoms with Crippen molar-refractivity contribution in [2.75, 3.05) is 12.3 Å². The van der Waals surface area contributed by atoms with Gasteiger partial charge in [-0.15, -0.1) is 0 Å². The molecule has 0 saturated heterocycles. The van der Waals surface area contributed by atoms with E-state index in [-0.39, 0.29) is 5.56 Å². The Morgan fingerprint density at radius 1 is 1.24 bits per heavy atom. The van der Waals surface area contributed by atoms with Crippen molar-refractivity contribution < 1.29 is 4.74 Å². The lowest BCUT2D eigenvalue weighted by atomic mass is 10.1. The van der Waals surface area contributed by atoms with Gasteiger partial charge in [-0.1, -0.05) is 18.2 Å². The number of fused-ring (bicyclic) bond motifs is 1. The van der Waals surface area contributed by atoms with Crippen molar-refractivity contribution in [1.29, 1.82) is 0 Å². The molecule has 0 radical (unpaired) electrons. The van der Waals surface area contributed by atoms with E-state index in [0.29, 0.717) is 29.4 Å². The Bertz CT molecular complexity index is 838. The summed E-state index contributed by atoms with van der Waals surface area (Å²) in [5, 5.41) is 1.45. The highest BCUT2D eigenvalue weighted by atomic mass is 16.5. The van der Waals surface area contributed by atoms with E-state index in [0.717, 1.165) is 5.39 Å². The smallest absolute Gasteiger partial charge is 0.264 e. The predicted octanol–water partition coefficient (Wildman–Crippen LogP) is 2.37. The summed E-state index contributed by atoms with van der Waals surface area (Å²) < 4.78 is 6.75. The molecule has 0 unspecified atom stereocenters. The number of anilines is 1. The minimum Gasteiger partial charge on any atom is -0.478 e. The van der Waals surface area contributed by atoms with Crippen LogP contribution in [0, 0.1) is 0 Å². The third-order valence-corrected chi connectivity index (χ3v) is 3.23. The van der Waals surface area contributed by atoms with Gasteiger partial charge >= 0.3 is 0 Å². The van der Waals surface area contributed by atoms with E-state index >= 15 is 0 Å². The van der Waals surface area contributed by atoms with E-state index in [9.17, 15) is 4.79 Å². The summed E-state index contributed by atoms with van der Waals surface area (Å²) in [7, 11) is 0. The fourth-order valence-corrected chi connectivity index (χ4v) is 2.28. The van der Waals surface area contributed by atoms with Gasteiger partial charge in [-0.2, -0.15) is 0 Å². The third kappa shape index (κ3) is 2.33. The SMILES string of the molecule is CCOc1ccc(-n2c(N)cc3ccccc3c2=O)cn1. The summed E-state index contributed by atoms with van der Waals surface area (Å²) in [5.41, 5.74) is 6.48. The van der Waals surface area contributed by atoms with Gasteiger partial charge in [-0.25, -0.2) is 4.98 Å². The molecule has 21 heavy (non-hydrogen) atoms. The molecule has 2 heterocycles. The average Bonchev–Trinajstić information content (AvgIpc) is 2.49. The molecule has 0 saturated carbocycles. The Labute approximate surface area is 121 Å². The van der Waals surface area contributed by atoms with E-state index in [1.54, 1.807) is 30.5 Å². The Kier molecular flexibility index (Phi) is 3.31. The van der Waals surface area contributed by atoms with Crippen LogP contribution in [0.15, 0.2) is 53.5 Å². The summed E-state index contributed by atoms with van der Waals surface area (Å²) in [6.45, 7) is 2.44. The summed E-state index contributed by atoms with van der Waals surface area (Å²) in [5.74, 6) is 0.901. The lowest BCUT2D eigenvalue weighted by Gasteiger charge is -2.11. The second-order valence-electron chi connectivity index (χ2n) is 4.58. The summed E-state index contributed by atoms with van der Waals surface area (Å²) in [6, 6.07) is 12.6. The van der Waals surface area contributed by atoms with Crippen LogP contribution >= 0.6 is 0 Å². The number of benzene rings is 1. The van der Waals surface area contributed by atoms with Crippen molar-refractivity contribution in [1.82, 2.24) is 9.55 Å². The van der Waals surface area contributed by atoms with Crippen molar-refractivity contribution in [2.24, 2.45) is 0 Å². The molecular formula is C16H15N3O2. The number of rotatable bonds is 3. The third-order valence-electron chi connectivity index (χ3n) is 3.23. The Balaban J connectivity index is 2.18. The molecular weight excluding hydrogens is 266 g/mol. The molecule has 1 aromatic carbocycles. The van der Waals surface area contributed by atoms with Crippen LogP contribution in [0.2, 0.25) is 0 Å². The van der Waals surface area contributed by atoms with Gasteiger partial charge in [0.1, 0.15) is 5.82 Å². The van der Waals surface area contributed by atoms with Gasteiger partial charge in [-0.05, 0) is 30.5 Å².